The third-order valence-electron chi connectivity index (χ3n) is 6.29. The fourth-order valence-electron chi connectivity index (χ4n) is 4.41. The minimum absolute atomic E-state index is 0.209. The summed E-state index contributed by atoms with van der Waals surface area (Å²) in [5.74, 6) is 0.239. The monoisotopic (exact) mass is 493 g/mol. The number of hydrogen-bond donors (Lipinski definition) is 0. The fourth-order valence-corrected chi connectivity index (χ4v) is 6.16. The van der Waals surface area contributed by atoms with Crippen molar-refractivity contribution in [1.82, 2.24) is 4.90 Å². The largest absolute Gasteiger partial charge is 0.489 e. The highest BCUT2D eigenvalue weighted by Gasteiger charge is 2.40. The molecule has 0 saturated carbocycles. The van der Waals surface area contributed by atoms with Crippen LogP contribution in [0.3, 0.4) is 0 Å². The molecule has 0 amide bonds. The first kappa shape index (κ1) is 24.9. The molecule has 1 aliphatic heterocycles. The van der Waals surface area contributed by atoms with Gasteiger partial charge in [-0.15, -0.1) is 0 Å². The maximum Gasteiger partial charge on any atom is 0.323 e. The molecule has 0 radical (unpaired) electrons. The van der Waals surface area contributed by atoms with Crippen LogP contribution in [-0.2, 0) is 32.5 Å². The molecule has 0 N–H and O–H groups in total. The average molecular weight is 494 g/mol. The Balaban J connectivity index is 1.45. The van der Waals surface area contributed by atoms with E-state index in [1.165, 1.54) is 0 Å². The molecule has 4 rings (SSSR count). The number of hydrogen-bond acceptors (Lipinski definition) is 6. The van der Waals surface area contributed by atoms with E-state index in [9.17, 15) is 13.2 Å². The number of piperidine rings is 1. The zero-order valence-electron chi connectivity index (χ0n) is 19.9. The summed E-state index contributed by atoms with van der Waals surface area (Å²) < 4.78 is 38.0. The first-order valence-corrected chi connectivity index (χ1v) is 13.5. The first-order chi connectivity index (χ1) is 17.0. The third kappa shape index (κ3) is 6.29. The van der Waals surface area contributed by atoms with Crippen LogP contribution in [0.4, 0.5) is 0 Å². The number of sulfone groups is 1. The van der Waals surface area contributed by atoms with E-state index in [0.29, 0.717) is 31.9 Å². The van der Waals surface area contributed by atoms with Crippen molar-refractivity contribution >= 4 is 15.8 Å². The summed E-state index contributed by atoms with van der Waals surface area (Å²) >= 11 is 0. The van der Waals surface area contributed by atoms with Crippen molar-refractivity contribution in [2.45, 2.75) is 49.1 Å². The molecule has 1 aliphatic rings. The number of esters is 1. The molecular formula is C28H31NO5S. The minimum Gasteiger partial charge on any atom is -0.489 e. The second-order valence-electron chi connectivity index (χ2n) is 8.66. The molecule has 6 nitrogen and oxygen atoms in total. The van der Waals surface area contributed by atoms with Gasteiger partial charge in [0.1, 0.15) is 18.4 Å². The van der Waals surface area contributed by atoms with Gasteiger partial charge in [0.15, 0.2) is 9.84 Å². The molecule has 0 bridgehead atoms. The van der Waals surface area contributed by atoms with Crippen LogP contribution in [0.1, 0.15) is 30.9 Å². The van der Waals surface area contributed by atoms with E-state index in [-0.39, 0.29) is 23.9 Å². The predicted molar refractivity (Wildman–Crippen MR) is 135 cm³/mol. The second-order valence-corrected chi connectivity index (χ2v) is 10.9. The van der Waals surface area contributed by atoms with Crippen LogP contribution in [-0.4, -0.2) is 43.7 Å². The molecule has 3 aromatic rings. The van der Waals surface area contributed by atoms with Crippen LogP contribution < -0.4 is 4.74 Å². The van der Waals surface area contributed by atoms with Crippen molar-refractivity contribution in [2.24, 2.45) is 0 Å². The molecule has 1 heterocycles. The van der Waals surface area contributed by atoms with E-state index < -0.39 is 21.1 Å². The summed E-state index contributed by atoms with van der Waals surface area (Å²) in [6.45, 7) is 3.51. The van der Waals surface area contributed by atoms with Crippen LogP contribution in [0, 0.1) is 0 Å². The zero-order valence-corrected chi connectivity index (χ0v) is 20.7. The van der Waals surface area contributed by atoms with Crippen molar-refractivity contribution in [3.63, 3.8) is 0 Å². The SMILES string of the molecule is CCOC(=O)C1CC(S(=O)(=O)c2ccc(OCc3ccccc3)cc2)CCN1Cc1ccccc1. The Morgan fingerprint density at radius 1 is 0.914 bits per heavy atom. The van der Waals surface area contributed by atoms with Gasteiger partial charge >= 0.3 is 5.97 Å². The molecule has 35 heavy (non-hydrogen) atoms. The number of benzene rings is 3. The summed E-state index contributed by atoms with van der Waals surface area (Å²) in [5.41, 5.74) is 2.12. The van der Waals surface area contributed by atoms with E-state index in [2.05, 4.69) is 0 Å². The molecule has 0 aromatic heterocycles. The van der Waals surface area contributed by atoms with E-state index >= 15 is 0 Å². The minimum atomic E-state index is -3.61. The number of ether oxygens (including phenoxy) is 2. The van der Waals surface area contributed by atoms with E-state index in [0.717, 1.165) is 11.1 Å². The van der Waals surface area contributed by atoms with Crippen molar-refractivity contribution in [3.05, 3.63) is 96.1 Å². The van der Waals surface area contributed by atoms with Crippen LogP contribution in [0.25, 0.3) is 0 Å². The smallest absolute Gasteiger partial charge is 0.323 e. The Kier molecular flexibility index (Phi) is 8.21. The Morgan fingerprint density at radius 2 is 1.54 bits per heavy atom. The van der Waals surface area contributed by atoms with Gasteiger partial charge in [0.25, 0.3) is 0 Å². The molecule has 3 aromatic carbocycles. The summed E-state index contributed by atoms with van der Waals surface area (Å²) in [7, 11) is -3.61. The third-order valence-corrected chi connectivity index (χ3v) is 8.53. The highest BCUT2D eigenvalue weighted by atomic mass is 32.2. The maximum absolute atomic E-state index is 13.5. The standard InChI is InChI=1S/C28H31NO5S/c1-2-33-28(30)27-19-26(17-18-29(27)20-22-9-5-3-6-10-22)35(31,32)25-15-13-24(14-16-25)34-21-23-11-7-4-8-12-23/h3-16,26-27H,2,17-21H2,1H3. The quantitative estimate of drug-likeness (QED) is 0.405. The van der Waals surface area contributed by atoms with Crippen molar-refractivity contribution in [2.75, 3.05) is 13.2 Å². The van der Waals surface area contributed by atoms with Crippen LogP contribution in [0.2, 0.25) is 0 Å². The van der Waals surface area contributed by atoms with Gasteiger partial charge in [0, 0.05) is 13.1 Å². The van der Waals surface area contributed by atoms with Gasteiger partial charge in [-0.1, -0.05) is 60.7 Å². The van der Waals surface area contributed by atoms with Gasteiger partial charge in [-0.25, -0.2) is 8.42 Å². The van der Waals surface area contributed by atoms with Gasteiger partial charge in [0.05, 0.1) is 16.8 Å². The number of carbonyl (C=O) groups excluding carboxylic acids is 1. The second kappa shape index (κ2) is 11.5. The Hall–Kier alpha value is -3.16. The van der Waals surface area contributed by atoms with Gasteiger partial charge in [-0.2, -0.15) is 0 Å². The summed E-state index contributed by atoms with van der Waals surface area (Å²) in [6, 6.07) is 25.6. The van der Waals surface area contributed by atoms with E-state index in [4.69, 9.17) is 9.47 Å². The van der Waals surface area contributed by atoms with Crippen molar-refractivity contribution in [3.8, 4) is 5.75 Å². The molecule has 2 atom stereocenters. The Morgan fingerprint density at radius 3 is 2.17 bits per heavy atom. The highest BCUT2D eigenvalue weighted by Crippen LogP contribution is 2.30. The lowest BCUT2D eigenvalue weighted by Crippen LogP contribution is -2.50. The number of carbonyl (C=O) groups is 1. The Labute approximate surface area is 207 Å². The van der Waals surface area contributed by atoms with Crippen LogP contribution in [0.15, 0.2) is 89.8 Å². The average Bonchev–Trinajstić information content (AvgIpc) is 2.89. The fraction of sp³-hybridized carbons (Fsp3) is 0.321. The molecule has 2 unspecified atom stereocenters. The number of nitrogens with zero attached hydrogens (tertiary/aromatic N) is 1. The van der Waals surface area contributed by atoms with Gasteiger partial charge in [-0.3, -0.25) is 9.69 Å². The predicted octanol–water partition coefficient (Wildman–Crippen LogP) is 4.64. The lowest BCUT2D eigenvalue weighted by molar-refractivity contribution is -0.151. The van der Waals surface area contributed by atoms with Crippen LogP contribution >= 0.6 is 0 Å². The normalized spacial score (nSPS) is 18.7. The van der Waals surface area contributed by atoms with Gasteiger partial charge < -0.3 is 9.47 Å². The molecule has 0 aliphatic carbocycles. The molecule has 1 fully saturated rings. The Bertz CT molecular complexity index is 1200. The molecule has 184 valence electrons. The van der Waals surface area contributed by atoms with Gasteiger partial charge in [0.2, 0.25) is 0 Å². The zero-order chi connectivity index (χ0) is 24.7. The van der Waals surface area contributed by atoms with E-state index in [1.54, 1.807) is 31.2 Å². The summed E-state index contributed by atoms with van der Waals surface area (Å²) in [6.07, 6.45) is 0.664. The number of likely N-dealkylation sites (tertiary alicyclic amines) is 1. The first-order valence-electron chi connectivity index (χ1n) is 11.9. The molecule has 1 saturated heterocycles. The number of rotatable bonds is 9. The summed E-state index contributed by atoms with van der Waals surface area (Å²) in [4.78, 5) is 15.0. The van der Waals surface area contributed by atoms with Gasteiger partial charge in [-0.05, 0) is 55.2 Å². The summed E-state index contributed by atoms with van der Waals surface area (Å²) in [5, 5.41) is -0.653. The topological polar surface area (TPSA) is 72.9 Å². The van der Waals surface area contributed by atoms with Crippen molar-refractivity contribution < 1.29 is 22.7 Å². The van der Waals surface area contributed by atoms with Crippen molar-refractivity contribution in [1.29, 1.82) is 0 Å². The highest BCUT2D eigenvalue weighted by molar-refractivity contribution is 7.92. The lowest BCUT2D eigenvalue weighted by Gasteiger charge is -2.37. The molecule has 0 spiro atoms. The lowest BCUT2D eigenvalue weighted by atomic mass is 10.0. The maximum atomic E-state index is 13.5. The van der Waals surface area contributed by atoms with E-state index in [1.807, 2.05) is 65.6 Å². The molecule has 7 heteroatoms. The molecular weight excluding hydrogens is 462 g/mol. The van der Waals surface area contributed by atoms with Crippen LogP contribution in [0.5, 0.6) is 5.75 Å².